The van der Waals surface area contributed by atoms with Gasteiger partial charge in [0, 0.05) is 0 Å². The van der Waals surface area contributed by atoms with E-state index in [1.165, 1.54) is 5.56 Å². The van der Waals surface area contributed by atoms with Gasteiger partial charge in [0.25, 0.3) is 0 Å². The Morgan fingerprint density at radius 2 is 1.95 bits per heavy atom. The molecule has 4 heteroatoms. The number of rotatable bonds is 9. The second-order valence-electron chi connectivity index (χ2n) is 4.83. The summed E-state index contributed by atoms with van der Waals surface area (Å²) in [5.74, 6) is 2.20. The molecule has 0 saturated heterocycles. The molecule has 4 nitrogen and oxygen atoms in total. The molecule has 108 valence electrons. The van der Waals surface area contributed by atoms with E-state index in [2.05, 4.69) is 18.3 Å². The van der Waals surface area contributed by atoms with Gasteiger partial charge >= 0.3 is 0 Å². The van der Waals surface area contributed by atoms with Gasteiger partial charge in [0.05, 0.1) is 14.2 Å². The van der Waals surface area contributed by atoms with Gasteiger partial charge < -0.3 is 20.5 Å². The summed E-state index contributed by atoms with van der Waals surface area (Å²) in [7, 11) is 3.31. The van der Waals surface area contributed by atoms with Crippen molar-refractivity contribution in [2.24, 2.45) is 11.7 Å². The van der Waals surface area contributed by atoms with Gasteiger partial charge in [-0.15, -0.1) is 0 Å². The van der Waals surface area contributed by atoms with Crippen LogP contribution in [-0.4, -0.2) is 33.9 Å². The maximum absolute atomic E-state index is 5.53. The van der Waals surface area contributed by atoms with Crippen LogP contribution in [0, 0.1) is 5.92 Å². The summed E-state index contributed by atoms with van der Waals surface area (Å²) >= 11 is 0. The average Bonchev–Trinajstić information content (AvgIpc) is 2.43. The molecule has 1 unspecified atom stereocenters. The zero-order chi connectivity index (χ0) is 14.1. The van der Waals surface area contributed by atoms with Crippen molar-refractivity contribution in [3.8, 4) is 11.5 Å². The van der Waals surface area contributed by atoms with Gasteiger partial charge in [-0.2, -0.15) is 0 Å². The summed E-state index contributed by atoms with van der Waals surface area (Å²) in [4.78, 5) is 0. The highest BCUT2D eigenvalue weighted by Crippen LogP contribution is 2.27. The Hall–Kier alpha value is -1.26. The normalized spacial score (nSPS) is 12.2. The Morgan fingerprint density at radius 1 is 1.21 bits per heavy atom. The second-order valence-corrected chi connectivity index (χ2v) is 4.83. The van der Waals surface area contributed by atoms with Gasteiger partial charge in [0.1, 0.15) is 0 Å². The van der Waals surface area contributed by atoms with Crippen molar-refractivity contribution in [2.75, 3.05) is 33.9 Å². The molecule has 0 saturated carbocycles. The van der Waals surface area contributed by atoms with Crippen LogP contribution in [0.2, 0.25) is 0 Å². The first-order chi connectivity index (χ1) is 9.21. The van der Waals surface area contributed by atoms with Crippen LogP contribution < -0.4 is 20.5 Å². The predicted octanol–water partition coefficient (Wildman–Crippen LogP) is 1.82. The van der Waals surface area contributed by atoms with Crippen LogP contribution in [0.5, 0.6) is 11.5 Å². The van der Waals surface area contributed by atoms with Crippen molar-refractivity contribution >= 4 is 0 Å². The van der Waals surface area contributed by atoms with Crippen LogP contribution in [0.3, 0.4) is 0 Å². The third-order valence-corrected chi connectivity index (χ3v) is 3.19. The zero-order valence-corrected chi connectivity index (χ0v) is 12.2. The van der Waals surface area contributed by atoms with E-state index in [-0.39, 0.29) is 0 Å². The maximum Gasteiger partial charge on any atom is 0.160 e. The number of ether oxygens (including phenoxy) is 2. The molecule has 0 radical (unpaired) electrons. The molecular weight excluding hydrogens is 240 g/mol. The minimum absolute atomic E-state index is 0.635. The Balaban J connectivity index is 2.37. The van der Waals surface area contributed by atoms with Crippen molar-refractivity contribution in [1.29, 1.82) is 0 Å². The van der Waals surface area contributed by atoms with E-state index < -0.39 is 0 Å². The topological polar surface area (TPSA) is 56.5 Å². The second kappa shape index (κ2) is 8.77. The molecule has 0 fully saturated rings. The smallest absolute Gasteiger partial charge is 0.160 e. The molecular formula is C15H26N2O2. The predicted molar refractivity (Wildman–Crippen MR) is 79.0 cm³/mol. The Morgan fingerprint density at radius 3 is 2.58 bits per heavy atom. The minimum atomic E-state index is 0.635. The van der Waals surface area contributed by atoms with Gasteiger partial charge in [-0.3, -0.25) is 0 Å². The first-order valence-corrected chi connectivity index (χ1v) is 6.83. The number of nitrogens with two attached hydrogens (primary N) is 1. The monoisotopic (exact) mass is 266 g/mol. The fourth-order valence-corrected chi connectivity index (χ4v) is 2.00. The fraction of sp³-hybridized carbons (Fsp3) is 0.600. The summed E-state index contributed by atoms with van der Waals surface area (Å²) in [5.41, 5.74) is 6.78. The number of nitrogens with one attached hydrogen (secondary N) is 1. The molecule has 19 heavy (non-hydrogen) atoms. The largest absolute Gasteiger partial charge is 0.493 e. The summed E-state index contributed by atoms with van der Waals surface area (Å²) in [5, 5.41) is 3.46. The van der Waals surface area contributed by atoms with Crippen LogP contribution in [0.1, 0.15) is 18.9 Å². The highest BCUT2D eigenvalue weighted by Gasteiger charge is 2.04. The van der Waals surface area contributed by atoms with Crippen LogP contribution in [-0.2, 0) is 6.42 Å². The van der Waals surface area contributed by atoms with Crippen LogP contribution >= 0.6 is 0 Å². The first kappa shape index (κ1) is 15.8. The molecule has 0 aliphatic heterocycles. The van der Waals surface area contributed by atoms with E-state index in [4.69, 9.17) is 15.2 Å². The molecule has 0 aliphatic rings. The summed E-state index contributed by atoms with van der Waals surface area (Å²) in [6, 6.07) is 6.06. The van der Waals surface area contributed by atoms with Crippen molar-refractivity contribution in [1.82, 2.24) is 5.32 Å². The molecule has 1 rings (SSSR count). The van der Waals surface area contributed by atoms with Crippen molar-refractivity contribution in [2.45, 2.75) is 19.8 Å². The zero-order valence-electron chi connectivity index (χ0n) is 12.2. The highest BCUT2D eigenvalue weighted by atomic mass is 16.5. The number of benzene rings is 1. The standard InChI is InChI=1S/C15H26N2O2/c1-12(6-8-16)11-17-9-7-13-4-5-14(18-2)15(10-13)19-3/h4-5,10,12,17H,6-9,11,16H2,1-3H3. The average molecular weight is 266 g/mol. The molecule has 0 heterocycles. The molecule has 0 aromatic heterocycles. The lowest BCUT2D eigenvalue weighted by Crippen LogP contribution is -2.24. The maximum atomic E-state index is 5.53. The van der Waals surface area contributed by atoms with E-state index in [9.17, 15) is 0 Å². The Kier molecular flexibility index (Phi) is 7.30. The first-order valence-electron chi connectivity index (χ1n) is 6.83. The molecule has 1 aromatic carbocycles. The Bertz CT molecular complexity index is 369. The van der Waals surface area contributed by atoms with E-state index in [0.717, 1.165) is 44.0 Å². The fourth-order valence-electron chi connectivity index (χ4n) is 2.00. The van der Waals surface area contributed by atoms with E-state index in [1.54, 1.807) is 14.2 Å². The van der Waals surface area contributed by atoms with Crippen molar-refractivity contribution in [3.05, 3.63) is 23.8 Å². The summed E-state index contributed by atoms with van der Waals surface area (Å²) in [6.07, 6.45) is 2.05. The van der Waals surface area contributed by atoms with Gasteiger partial charge in [-0.1, -0.05) is 13.0 Å². The molecule has 3 N–H and O–H groups in total. The van der Waals surface area contributed by atoms with E-state index >= 15 is 0 Å². The van der Waals surface area contributed by atoms with Gasteiger partial charge in [0.15, 0.2) is 11.5 Å². The highest BCUT2D eigenvalue weighted by molar-refractivity contribution is 5.42. The lowest BCUT2D eigenvalue weighted by molar-refractivity contribution is 0.354. The molecule has 0 spiro atoms. The number of methoxy groups -OCH3 is 2. The van der Waals surface area contributed by atoms with Crippen LogP contribution in [0.25, 0.3) is 0 Å². The third kappa shape index (κ3) is 5.49. The van der Waals surface area contributed by atoms with Gasteiger partial charge in [-0.25, -0.2) is 0 Å². The molecule has 0 aliphatic carbocycles. The Labute approximate surface area is 116 Å². The third-order valence-electron chi connectivity index (χ3n) is 3.19. The van der Waals surface area contributed by atoms with Gasteiger partial charge in [0.2, 0.25) is 0 Å². The lowest BCUT2D eigenvalue weighted by atomic mass is 10.1. The van der Waals surface area contributed by atoms with Crippen LogP contribution in [0.4, 0.5) is 0 Å². The van der Waals surface area contributed by atoms with Crippen molar-refractivity contribution in [3.63, 3.8) is 0 Å². The molecule has 1 aromatic rings. The number of hydrogen-bond donors (Lipinski definition) is 2. The minimum Gasteiger partial charge on any atom is -0.493 e. The SMILES string of the molecule is COc1ccc(CCNCC(C)CCN)cc1OC. The van der Waals surface area contributed by atoms with E-state index in [0.29, 0.717) is 5.92 Å². The molecule has 0 bridgehead atoms. The quantitative estimate of drug-likeness (QED) is 0.669. The van der Waals surface area contributed by atoms with Gasteiger partial charge in [-0.05, 0) is 56.1 Å². The van der Waals surface area contributed by atoms with E-state index in [1.807, 2.05) is 12.1 Å². The summed E-state index contributed by atoms with van der Waals surface area (Å²) < 4.78 is 10.5. The molecule has 0 amide bonds. The summed E-state index contributed by atoms with van der Waals surface area (Å²) in [6.45, 7) is 4.96. The number of hydrogen-bond acceptors (Lipinski definition) is 4. The van der Waals surface area contributed by atoms with Crippen molar-refractivity contribution < 1.29 is 9.47 Å². The molecule has 1 atom stereocenters. The lowest BCUT2D eigenvalue weighted by Gasteiger charge is -2.12. The van der Waals surface area contributed by atoms with Crippen LogP contribution in [0.15, 0.2) is 18.2 Å².